The third-order valence-electron chi connectivity index (χ3n) is 5.46. The molecule has 39 heavy (non-hydrogen) atoms. The van der Waals surface area contributed by atoms with E-state index in [2.05, 4.69) is 14.2 Å². The fourth-order valence-corrected chi connectivity index (χ4v) is 4.22. The van der Waals surface area contributed by atoms with Crippen LogP contribution >= 0.6 is 0 Å². The standard InChI is InChI=1S/C24H30F4N4O6S/c1-15-14-31(22(33)37-23(3,4)5)9-10-32(15)21-29-13-19(25)20(30-21)36-16(2)11-17-7-6-8-18(12-17)38-39(34,35)24(26,27)28/h6-8,12-13,15-16H,9-11,14H2,1-5H3/t15-,16-/m1/s1. The highest BCUT2D eigenvalue weighted by Crippen LogP contribution is 2.28. The second-order valence-electron chi connectivity index (χ2n) is 10.1. The summed E-state index contributed by atoms with van der Waals surface area (Å²) in [5.41, 5.74) is -5.81. The molecule has 1 saturated heterocycles. The molecule has 0 N–H and O–H groups in total. The van der Waals surface area contributed by atoms with E-state index in [0.717, 1.165) is 18.3 Å². The predicted molar refractivity (Wildman–Crippen MR) is 132 cm³/mol. The second-order valence-corrected chi connectivity index (χ2v) is 11.6. The summed E-state index contributed by atoms with van der Waals surface area (Å²) in [4.78, 5) is 24.0. The van der Waals surface area contributed by atoms with Gasteiger partial charge >= 0.3 is 21.7 Å². The zero-order chi connectivity index (χ0) is 29.2. The van der Waals surface area contributed by atoms with Crippen molar-refractivity contribution in [2.75, 3.05) is 24.5 Å². The molecule has 0 bridgehead atoms. The van der Waals surface area contributed by atoms with Crippen molar-refractivity contribution in [1.29, 1.82) is 0 Å². The number of piperazine rings is 1. The molecule has 1 aromatic carbocycles. The Kier molecular flexibility index (Phi) is 8.82. The van der Waals surface area contributed by atoms with Crippen LogP contribution in [0.4, 0.5) is 28.3 Å². The number of rotatable bonds is 7. The SMILES string of the molecule is C[C@H](Cc1cccc(OS(=O)(=O)C(F)(F)F)c1)Oc1nc(N2CCN(C(=O)OC(C)(C)C)C[C@H]2C)ncc1F. The van der Waals surface area contributed by atoms with Gasteiger partial charge in [-0.3, -0.25) is 0 Å². The molecule has 10 nitrogen and oxygen atoms in total. The number of carbonyl (C=O) groups excluding carboxylic acids is 1. The summed E-state index contributed by atoms with van der Waals surface area (Å²) in [5.74, 6) is -1.48. The van der Waals surface area contributed by atoms with Crippen LogP contribution in [-0.4, -0.2) is 72.3 Å². The number of halogens is 4. The van der Waals surface area contributed by atoms with Crippen molar-refractivity contribution in [3.8, 4) is 11.6 Å². The van der Waals surface area contributed by atoms with Crippen LogP contribution < -0.4 is 13.8 Å². The average molecular weight is 579 g/mol. The molecule has 0 saturated carbocycles. The van der Waals surface area contributed by atoms with E-state index in [9.17, 15) is 30.8 Å². The minimum Gasteiger partial charge on any atom is -0.472 e. The Hall–Kier alpha value is -3.36. The van der Waals surface area contributed by atoms with Gasteiger partial charge in [-0.15, -0.1) is 0 Å². The number of nitrogens with zero attached hydrogens (tertiary/aromatic N) is 4. The third-order valence-corrected chi connectivity index (χ3v) is 6.44. The lowest BCUT2D eigenvalue weighted by molar-refractivity contribution is -0.0500. The van der Waals surface area contributed by atoms with E-state index in [0.29, 0.717) is 25.2 Å². The van der Waals surface area contributed by atoms with Crippen LogP contribution in [0.3, 0.4) is 0 Å². The van der Waals surface area contributed by atoms with E-state index >= 15 is 0 Å². The molecule has 1 aliphatic heterocycles. The van der Waals surface area contributed by atoms with Crippen LogP contribution in [0.5, 0.6) is 11.6 Å². The van der Waals surface area contributed by atoms with E-state index in [1.54, 1.807) is 37.5 Å². The molecule has 1 amide bonds. The number of hydrogen-bond donors (Lipinski definition) is 0. The van der Waals surface area contributed by atoms with Gasteiger partial charge in [0, 0.05) is 32.1 Å². The fraction of sp³-hybridized carbons (Fsp3) is 0.542. The summed E-state index contributed by atoms with van der Waals surface area (Å²) in [6.07, 6.45) is -0.101. The Bertz CT molecular complexity index is 1290. The molecule has 0 spiro atoms. The van der Waals surface area contributed by atoms with Crippen molar-refractivity contribution < 1.29 is 44.4 Å². The topological polar surface area (TPSA) is 111 Å². The molecule has 15 heteroatoms. The van der Waals surface area contributed by atoms with Gasteiger partial charge in [0.15, 0.2) is 0 Å². The van der Waals surface area contributed by atoms with E-state index in [1.807, 2.05) is 6.92 Å². The Labute approximate surface area is 224 Å². The second kappa shape index (κ2) is 11.4. The average Bonchev–Trinajstić information content (AvgIpc) is 2.78. The summed E-state index contributed by atoms with van der Waals surface area (Å²) in [6.45, 7) is 9.84. The normalized spacial score (nSPS) is 17.5. The molecule has 2 heterocycles. The molecule has 1 aromatic heterocycles. The van der Waals surface area contributed by atoms with Crippen LogP contribution in [0.1, 0.15) is 40.2 Å². The first kappa shape index (κ1) is 30.2. The Balaban J connectivity index is 1.66. The van der Waals surface area contributed by atoms with Gasteiger partial charge in [0.2, 0.25) is 11.8 Å². The van der Waals surface area contributed by atoms with Gasteiger partial charge in [-0.2, -0.15) is 31.0 Å². The summed E-state index contributed by atoms with van der Waals surface area (Å²) in [7, 11) is -5.82. The van der Waals surface area contributed by atoms with Crippen molar-refractivity contribution in [3.05, 3.63) is 41.8 Å². The number of ether oxygens (including phenoxy) is 2. The maximum atomic E-state index is 14.5. The van der Waals surface area contributed by atoms with E-state index in [4.69, 9.17) is 9.47 Å². The molecule has 0 unspecified atom stereocenters. The number of carbonyl (C=O) groups is 1. The predicted octanol–water partition coefficient (Wildman–Crippen LogP) is 4.30. The van der Waals surface area contributed by atoms with Crippen molar-refractivity contribution in [2.24, 2.45) is 0 Å². The minimum absolute atomic E-state index is 0.0764. The first-order valence-electron chi connectivity index (χ1n) is 12.0. The maximum absolute atomic E-state index is 14.5. The van der Waals surface area contributed by atoms with Gasteiger partial charge in [-0.1, -0.05) is 12.1 Å². The number of hydrogen-bond acceptors (Lipinski definition) is 9. The van der Waals surface area contributed by atoms with Crippen LogP contribution in [0.25, 0.3) is 0 Å². The third kappa shape index (κ3) is 8.07. The lowest BCUT2D eigenvalue weighted by atomic mass is 10.1. The number of amides is 1. The van der Waals surface area contributed by atoms with E-state index in [-0.39, 0.29) is 24.3 Å². The van der Waals surface area contributed by atoms with Crippen molar-refractivity contribution in [2.45, 2.75) is 64.3 Å². The van der Waals surface area contributed by atoms with E-state index in [1.165, 1.54) is 12.1 Å². The van der Waals surface area contributed by atoms with Crippen LogP contribution in [0.2, 0.25) is 0 Å². The Morgan fingerprint density at radius 3 is 2.51 bits per heavy atom. The number of alkyl halides is 3. The first-order chi connectivity index (χ1) is 17.9. The molecule has 0 radical (unpaired) electrons. The van der Waals surface area contributed by atoms with Gasteiger partial charge in [0.1, 0.15) is 17.5 Å². The highest BCUT2D eigenvalue weighted by atomic mass is 32.2. The molecular formula is C24H30F4N4O6S. The number of aromatic nitrogens is 2. The van der Waals surface area contributed by atoms with E-state index < -0.39 is 45.0 Å². The summed E-state index contributed by atoms with van der Waals surface area (Å²) in [5, 5.41) is 0. The highest BCUT2D eigenvalue weighted by molar-refractivity contribution is 7.88. The van der Waals surface area contributed by atoms with Gasteiger partial charge in [-0.05, 0) is 52.3 Å². The first-order valence-corrected chi connectivity index (χ1v) is 13.4. The van der Waals surface area contributed by atoms with Gasteiger partial charge < -0.3 is 23.5 Å². The van der Waals surface area contributed by atoms with Crippen molar-refractivity contribution in [1.82, 2.24) is 14.9 Å². The largest absolute Gasteiger partial charge is 0.534 e. The monoisotopic (exact) mass is 578 g/mol. The number of anilines is 1. The lowest BCUT2D eigenvalue weighted by Crippen LogP contribution is -2.55. The zero-order valence-corrected chi connectivity index (χ0v) is 22.8. The molecule has 216 valence electrons. The molecule has 2 aromatic rings. The Morgan fingerprint density at radius 2 is 1.90 bits per heavy atom. The highest BCUT2D eigenvalue weighted by Gasteiger charge is 2.48. The summed E-state index contributed by atoms with van der Waals surface area (Å²) >= 11 is 0. The molecular weight excluding hydrogens is 548 g/mol. The smallest absolute Gasteiger partial charge is 0.472 e. The van der Waals surface area contributed by atoms with Crippen LogP contribution in [-0.2, 0) is 21.3 Å². The molecule has 1 aliphatic rings. The van der Waals surface area contributed by atoms with Crippen molar-refractivity contribution >= 4 is 22.2 Å². The van der Waals surface area contributed by atoms with Gasteiger partial charge in [0.25, 0.3) is 5.88 Å². The molecule has 1 fully saturated rings. The van der Waals surface area contributed by atoms with Crippen LogP contribution in [0.15, 0.2) is 30.5 Å². The van der Waals surface area contributed by atoms with Crippen LogP contribution in [0, 0.1) is 5.82 Å². The minimum atomic E-state index is -5.82. The van der Waals surface area contributed by atoms with Gasteiger partial charge in [-0.25, -0.2) is 9.78 Å². The maximum Gasteiger partial charge on any atom is 0.534 e. The van der Waals surface area contributed by atoms with Crippen molar-refractivity contribution in [3.63, 3.8) is 0 Å². The lowest BCUT2D eigenvalue weighted by Gasteiger charge is -2.40. The molecule has 3 rings (SSSR count). The number of benzene rings is 1. The van der Waals surface area contributed by atoms with Gasteiger partial charge in [0.05, 0.1) is 6.20 Å². The fourth-order valence-electron chi connectivity index (χ4n) is 3.77. The summed E-state index contributed by atoms with van der Waals surface area (Å²) < 4.78 is 90.1. The summed E-state index contributed by atoms with van der Waals surface area (Å²) in [6, 6.07) is 4.83. The molecule has 0 aliphatic carbocycles. The quantitative estimate of drug-likeness (QED) is 0.270. The zero-order valence-electron chi connectivity index (χ0n) is 22.0. The Morgan fingerprint density at radius 1 is 1.21 bits per heavy atom. The molecule has 2 atom stereocenters.